The van der Waals surface area contributed by atoms with E-state index in [1.54, 1.807) is 12.1 Å². The molecule has 0 heterocycles. The molecule has 0 aliphatic carbocycles. The van der Waals surface area contributed by atoms with Crippen LogP contribution in [0.3, 0.4) is 0 Å². The molecule has 0 saturated carbocycles. The minimum absolute atomic E-state index is 0.172. The highest BCUT2D eigenvalue weighted by Gasteiger charge is 2.11. The number of rotatable bonds is 2. The molecule has 0 radical (unpaired) electrons. The molecule has 2 nitrogen and oxygen atoms in total. The summed E-state index contributed by atoms with van der Waals surface area (Å²) in [7, 11) is 0. The van der Waals surface area contributed by atoms with Gasteiger partial charge in [0, 0.05) is 10.2 Å². The van der Waals surface area contributed by atoms with Crippen molar-refractivity contribution in [3.05, 3.63) is 56.2 Å². The molecule has 1 N–H and O–H groups in total. The lowest BCUT2D eigenvalue weighted by molar-refractivity contribution is 0.624. The van der Waals surface area contributed by atoms with Crippen LogP contribution in [0, 0.1) is 24.1 Å². The third-order valence-corrected chi connectivity index (χ3v) is 4.28. The Morgan fingerprint density at radius 2 is 1.95 bits per heavy atom. The molecule has 0 bridgehead atoms. The van der Waals surface area contributed by atoms with Gasteiger partial charge in [0.1, 0.15) is 6.07 Å². The molecule has 2 aromatic carbocycles. The van der Waals surface area contributed by atoms with E-state index in [0.717, 1.165) is 15.7 Å². The lowest BCUT2D eigenvalue weighted by Crippen LogP contribution is -1.96. The van der Waals surface area contributed by atoms with Gasteiger partial charge < -0.3 is 5.32 Å². The van der Waals surface area contributed by atoms with Crippen LogP contribution in [0.25, 0.3) is 0 Å². The molecule has 0 amide bonds. The van der Waals surface area contributed by atoms with Crippen LogP contribution in [-0.4, -0.2) is 0 Å². The predicted octanol–water partition coefficient (Wildman–Crippen LogP) is 5.27. The normalized spacial score (nSPS) is 10.1. The second-order valence-corrected chi connectivity index (χ2v) is 5.64. The van der Waals surface area contributed by atoms with Crippen LogP contribution >= 0.6 is 31.9 Å². The molecule has 2 rings (SSSR count). The molecule has 2 aromatic rings. The molecule has 0 aliphatic rings. The molecule has 0 aromatic heterocycles. The largest absolute Gasteiger partial charge is 0.353 e. The first-order valence-corrected chi connectivity index (χ1v) is 7.03. The van der Waals surface area contributed by atoms with E-state index in [9.17, 15) is 4.39 Å². The molecule has 96 valence electrons. The van der Waals surface area contributed by atoms with Gasteiger partial charge in [-0.3, -0.25) is 0 Å². The topological polar surface area (TPSA) is 35.8 Å². The average molecular weight is 384 g/mol. The number of halogens is 3. The van der Waals surface area contributed by atoms with Crippen molar-refractivity contribution in [2.75, 3.05) is 5.32 Å². The molecule has 0 unspecified atom stereocenters. The summed E-state index contributed by atoms with van der Waals surface area (Å²) < 4.78 is 15.2. The van der Waals surface area contributed by atoms with Crippen LogP contribution < -0.4 is 5.32 Å². The number of aryl methyl sites for hydroxylation is 1. The van der Waals surface area contributed by atoms with Crippen molar-refractivity contribution in [1.82, 2.24) is 0 Å². The van der Waals surface area contributed by atoms with Crippen LogP contribution in [0.5, 0.6) is 0 Å². The van der Waals surface area contributed by atoms with Gasteiger partial charge in [0.15, 0.2) is 5.82 Å². The van der Waals surface area contributed by atoms with E-state index >= 15 is 0 Å². The summed E-state index contributed by atoms with van der Waals surface area (Å²) in [5.74, 6) is -0.476. The number of nitriles is 1. The van der Waals surface area contributed by atoms with Crippen molar-refractivity contribution in [3.8, 4) is 6.07 Å². The monoisotopic (exact) mass is 382 g/mol. The number of nitrogens with zero attached hydrogens (tertiary/aromatic N) is 1. The SMILES string of the molecule is Cc1ccc(Nc2ccc(C#N)c(Br)c2F)cc1Br. The highest BCUT2D eigenvalue weighted by atomic mass is 79.9. The van der Waals surface area contributed by atoms with Crippen molar-refractivity contribution in [3.63, 3.8) is 0 Å². The van der Waals surface area contributed by atoms with Gasteiger partial charge in [0.25, 0.3) is 0 Å². The third-order valence-electron chi connectivity index (χ3n) is 2.65. The second-order valence-electron chi connectivity index (χ2n) is 3.99. The lowest BCUT2D eigenvalue weighted by atomic mass is 10.2. The molecule has 0 fully saturated rings. The number of hydrogen-bond donors (Lipinski definition) is 1. The van der Waals surface area contributed by atoms with Crippen molar-refractivity contribution in [2.24, 2.45) is 0 Å². The van der Waals surface area contributed by atoms with E-state index in [0.29, 0.717) is 5.69 Å². The molecule has 0 saturated heterocycles. The maximum absolute atomic E-state index is 14.0. The van der Waals surface area contributed by atoms with Crippen LogP contribution in [0.15, 0.2) is 39.3 Å². The van der Waals surface area contributed by atoms with Crippen LogP contribution in [0.4, 0.5) is 15.8 Å². The van der Waals surface area contributed by atoms with Crippen molar-refractivity contribution in [2.45, 2.75) is 6.92 Å². The van der Waals surface area contributed by atoms with Gasteiger partial charge in [0.05, 0.1) is 15.7 Å². The Labute approximate surface area is 127 Å². The molecular formula is C14H9Br2FN2. The van der Waals surface area contributed by atoms with Gasteiger partial charge in [-0.2, -0.15) is 5.26 Å². The Balaban J connectivity index is 2.36. The Bertz CT molecular complexity index is 678. The fraction of sp³-hybridized carbons (Fsp3) is 0.0714. The first-order valence-electron chi connectivity index (χ1n) is 5.44. The summed E-state index contributed by atoms with van der Waals surface area (Å²) >= 11 is 6.51. The first-order chi connectivity index (χ1) is 9.02. The van der Waals surface area contributed by atoms with Gasteiger partial charge >= 0.3 is 0 Å². The average Bonchev–Trinajstić information content (AvgIpc) is 2.40. The van der Waals surface area contributed by atoms with E-state index < -0.39 is 5.82 Å². The van der Waals surface area contributed by atoms with Crippen molar-refractivity contribution < 1.29 is 4.39 Å². The van der Waals surface area contributed by atoms with Crippen molar-refractivity contribution in [1.29, 1.82) is 5.26 Å². The summed E-state index contributed by atoms with van der Waals surface area (Å²) in [6, 6.07) is 10.7. The zero-order valence-electron chi connectivity index (χ0n) is 9.97. The molecular weight excluding hydrogens is 375 g/mol. The van der Waals surface area contributed by atoms with E-state index in [1.165, 1.54) is 0 Å². The highest BCUT2D eigenvalue weighted by Crippen LogP contribution is 2.30. The molecule has 5 heteroatoms. The van der Waals surface area contributed by atoms with E-state index in [-0.39, 0.29) is 10.0 Å². The van der Waals surface area contributed by atoms with E-state index in [2.05, 4.69) is 37.2 Å². The maximum atomic E-state index is 14.0. The van der Waals surface area contributed by atoms with Gasteiger partial charge in [-0.1, -0.05) is 22.0 Å². The Kier molecular flexibility index (Phi) is 4.23. The smallest absolute Gasteiger partial charge is 0.162 e. The standard InChI is InChI=1S/C14H9Br2FN2/c1-8-2-4-10(6-11(8)15)19-12-5-3-9(7-18)13(16)14(12)17/h2-6,19H,1H3. The number of benzene rings is 2. The van der Waals surface area contributed by atoms with Crippen LogP contribution in [0.1, 0.15) is 11.1 Å². The molecule has 19 heavy (non-hydrogen) atoms. The fourth-order valence-electron chi connectivity index (χ4n) is 1.56. The zero-order chi connectivity index (χ0) is 14.0. The van der Waals surface area contributed by atoms with Gasteiger partial charge in [-0.15, -0.1) is 0 Å². The number of nitrogens with one attached hydrogen (secondary N) is 1. The second kappa shape index (κ2) is 5.72. The number of hydrogen-bond acceptors (Lipinski definition) is 2. The van der Waals surface area contributed by atoms with Gasteiger partial charge in [-0.05, 0) is 52.7 Å². The van der Waals surface area contributed by atoms with Crippen molar-refractivity contribution >= 4 is 43.2 Å². The van der Waals surface area contributed by atoms with Crippen LogP contribution in [0.2, 0.25) is 0 Å². The molecule has 0 spiro atoms. The summed E-state index contributed by atoms with van der Waals surface area (Å²) in [5.41, 5.74) is 2.47. The first kappa shape index (κ1) is 14.0. The fourth-order valence-corrected chi connectivity index (χ4v) is 2.37. The summed E-state index contributed by atoms with van der Waals surface area (Å²) in [4.78, 5) is 0. The van der Waals surface area contributed by atoms with E-state index in [4.69, 9.17) is 5.26 Å². The minimum Gasteiger partial charge on any atom is -0.353 e. The van der Waals surface area contributed by atoms with Gasteiger partial charge in [-0.25, -0.2) is 4.39 Å². The predicted molar refractivity (Wildman–Crippen MR) is 81.0 cm³/mol. The van der Waals surface area contributed by atoms with Crippen LogP contribution in [-0.2, 0) is 0 Å². The van der Waals surface area contributed by atoms with Gasteiger partial charge in [0.2, 0.25) is 0 Å². The molecule has 0 aliphatic heterocycles. The minimum atomic E-state index is -0.476. The summed E-state index contributed by atoms with van der Waals surface area (Å²) in [6.45, 7) is 1.98. The Morgan fingerprint density at radius 3 is 2.58 bits per heavy atom. The van der Waals surface area contributed by atoms with E-state index in [1.807, 2.05) is 31.2 Å². The highest BCUT2D eigenvalue weighted by molar-refractivity contribution is 9.10. The quantitative estimate of drug-likeness (QED) is 0.766. The maximum Gasteiger partial charge on any atom is 0.162 e. The lowest BCUT2D eigenvalue weighted by Gasteiger charge is -2.10. The number of anilines is 2. The zero-order valence-corrected chi connectivity index (χ0v) is 13.1. The third kappa shape index (κ3) is 2.96. The Hall–Kier alpha value is -1.38. The molecule has 0 atom stereocenters. The summed E-state index contributed by atoms with van der Waals surface area (Å²) in [5, 5.41) is 11.8. The Morgan fingerprint density at radius 1 is 1.21 bits per heavy atom. The summed E-state index contributed by atoms with van der Waals surface area (Å²) in [6.07, 6.45) is 0.